The zero-order chi connectivity index (χ0) is 21.0. The molecule has 2 aliphatic rings. The summed E-state index contributed by atoms with van der Waals surface area (Å²) in [6.45, 7) is -0.675. The van der Waals surface area contributed by atoms with E-state index in [0.29, 0.717) is 5.75 Å². The van der Waals surface area contributed by atoms with Crippen LogP contribution in [0, 0.1) is 0 Å². The molecule has 12 nitrogen and oxygen atoms in total. The van der Waals surface area contributed by atoms with Gasteiger partial charge in [-0.1, -0.05) is 5.16 Å². The van der Waals surface area contributed by atoms with Gasteiger partial charge in [0.2, 0.25) is 12.5 Å². The molecule has 3 amide bonds. The molecule has 154 valence electrons. The van der Waals surface area contributed by atoms with Crippen LogP contribution in [-0.2, 0) is 28.7 Å². The molecule has 0 spiro atoms. The Morgan fingerprint density at radius 3 is 2.86 bits per heavy atom. The number of oxime groups is 1. The number of β-lactam (4-membered cyclic amide) rings is 1. The molecule has 0 bridgehead atoms. The number of hydrogen-bond donors (Lipinski definition) is 2. The van der Waals surface area contributed by atoms with E-state index in [1.807, 2.05) is 0 Å². The standard InChI is InChI=1S/C16H16N4O8S/c1-25-19-10(9-3-2-5-26-9)12(21)18-11-13(22)20-8(4-6-29-14(11)20)15(23)27-7-28-16(17)24/h2-5,11,14H,6-7H2,1H3,(H2,17,24)(H,18,21)/b19-10-/t11?,14-/m1/s1. The highest BCUT2D eigenvalue weighted by molar-refractivity contribution is 8.00. The largest absolute Gasteiger partial charge is 0.462 e. The van der Waals surface area contributed by atoms with Crippen LogP contribution in [0.3, 0.4) is 0 Å². The van der Waals surface area contributed by atoms with Crippen molar-refractivity contribution in [2.24, 2.45) is 10.9 Å². The molecule has 3 rings (SSSR count). The summed E-state index contributed by atoms with van der Waals surface area (Å²) in [4.78, 5) is 53.6. The average Bonchev–Trinajstić information content (AvgIpc) is 3.23. The zero-order valence-corrected chi connectivity index (χ0v) is 15.8. The van der Waals surface area contributed by atoms with Gasteiger partial charge in [-0.15, -0.1) is 11.8 Å². The van der Waals surface area contributed by atoms with Crippen LogP contribution < -0.4 is 11.1 Å². The lowest BCUT2D eigenvalue weighted by Gasteiger charge is -2.48. The summed E-state index contributed by atoms with van der Waals surface area (Å²) < 4.78 is 14.2. The summed E-state index contributed by atoms with van der Waals surface area (Å²) in [5, 5.41) is 5.69. The van der Waals surface area contributed by atoms with Crippen LogP contribution >= 0.6 is 11.8 Å². The number of thioether (sulfide) groups is 1. The molecule has 1 aromatic rings. The van der Waals surface area contributed by atoms with Crippen molar-refractivity contribution in [3.63, 3.8) is 0 Å². The van der Waals surface area contributed by atoms with Gasteiger partial charge in [0.15, 0.2) is 5.76 Å². The molecule has 3 heterocycles. The highest BCUT2D eigenvalue weighted by atomic mass is 32.2. The number of carbonyl (C=O) groups excluding carboxylic acids is 4. The number of esters is 1. The lowest BCUT2D eigenvalue weighted by atomic mass is 10.0. The Labute approximate surface area is 168 Å². The van der Waals surface area contributed by atoms with Gasteiger partial charge in [-0.2, -0.15) is 0 Å². The van der Waals surface area contributed by atoms with Gasteiger partial charge < -0.3 is 29.8 Å². The molecule has 1 saturated heterocycles. The van der Waals surface area contributed by atoms with Crippen LogP contribution in [-0.4, -0.2) is 65.6 Å². The predicted octanol–water partition coefficient (Wildman–Crippen LogP) is -0.490. The Hall–Kier alpha value is -3.48. The minimum absolute atomic E-state index is 0.00543. The highest BCUT2D eigenvalue weighted by Crippen LogP contribution is 2.37. The summed E-state index contributed by atoms with van der Waals surface area (Å²) in [7, 11) is 1.27. The number of nitrogens with two attached hydrogens (primary N) is 1. The van der Waals surface area contributed by atoms with Crippen molar-refractivity contribution in [1.82, 2.24) is 10.2 Å². The van der Waals surface area contributed by atoms with Crippen molar-refractivity contribution >= 4 is 41.4 Å². The normalized spacial score (nSPS) is 20.7. The summed E-state index contributed by atoms with van der Waals surface area (Å²) in [5.74, 6) is -1.46. The van der Waals surface area contributed by atoms with Crippen molar-refractivity contribution in [2.75, 3.05) is 19.7 Å². The Morgan fingerprint density at radius 1 is 1.41 bits per heavy atom. The first-order valence-electron chi connectivity index (χ1n) is 8.14. The van der Waals surface area contributed by atoms with Crippen LogP contribution in [0.15, 0.2) is 39.7 Å². The lowest BCUT2D eigenvalue weighted by molar-refractivity contribution is -0.156. The van der Waals surface area contributed by atoms with Crippen molar-refractivity contribution in [3.05, 3.63) is 35.9 Å². The second kappa shape index (κ2) is 8.68. The summed E-state index contributed by atoms with van der Waals surface area (Å²) >= 11 is 1.35. The number of nitrogens with zero attached hydrogens (tertiary/aromatic N) is 2. The molecular weight excluding hydrogens is 408 g/mol. The van der Waals surface area contributed by atoms with Crippen molar-refractivity contribution in [2.45, 2.75) is 11.4 Å². The fourth-order valence-electron chi connectivity index (χ4n) is 2.66. The van der Waals surface area contributed by atoms with E-state index in [4.69, 9.17) is 14.9 Å². The van der Waals surface area contributed by atoms with Gasteiger partial charge in [0, 0.05) is 5.75 Å². The second-order valence-corrected chi connectivity index (χ2v) is 6.74. The minimum atomic E-state index is -1.10. The molecule has 3 N–H and O–H groups in total. The van der Waals surface area contributed by atoms with Gasteiger partial charge >= 0.3 is 12.1 Å². The van der Waals surface area contributed by atoms with Gasteiger partial charge in [0.25, 0.3) is 11.8 Å². The molecule has 0 radical (unpaired) electrons. The average molecular weight is 424 g/mol. The topological polar surface area (TPSA) is 163 Å². The predicted molar refractivity (Wildman–Crippen MR) is 97.0 cm³/mol. The first-order valence-corrected chi connectivity index (χ1v) is 9.19. The molecule has 0 saturated carbocycles. The van der Waals surface area contributed by atoms with Gasteiger partial charge in [-0.3, -0.25) is 14.5 Å². The van der Waals surface area contributed by atoms with E-state index < -0.39 is 42.1 Å². The molecule has 1 fully saturated rings. The van der Waals surface area contributed by atoms with Gasteiger partial charge in [-0.25, -0.2) is 9.59 Å². The molecule has 2 aliphatic heterocycles. The highest BCUT2D eigenvalue weighted by Gasteiger charge is 2.53. The van der Waals surface area contributed by atoms with Crippen LogP contribution in [0.25, 0.3) is 0 Å². The number of rotatable bonds is 7. The van der Waals surface area contributed by atoms with Crippen molar-refractivity contribution in [1.29, 1.82) is 0 Å². The number of furan rings is 1. The van der Waals surface area contributed by atoms with Gasteiger partial charge in [0.05, 0.1) is 6.26 Å². The third-order valence-electron chi connectivity index (χ3n) is 3.89. The lowest BCUT2D eigenvalue weighted by Crippen LogP contribution is -2.70. The maximum atomic E-state index is 12.5. The molecule has 0 aliphatic carbocycles. The maximum Gasteiger partial charge on any atom is 0.407 e. The fourth-order valence-corrected chi connectivity index (χ4v) is 3.85. The number of fused-ring (bicyclic) bond motifs is 1. The van der Waals surface area contributed by atoms with Gasteiger partial charge in [-0.05, 0) is 18.2 Å². The zero-order valence-electron chi connectivity index (χ0n) is 15.0. The van der Waals surface area contributed by atoms with E-state index in [9.17, 15) is 19.2 Å². The van der Waals surface area contributed by atoms with E-state index in [-0.39, 0.29) is 17.2 Å². The van der Waals surface area contributed by atoms with Crippen molar-refractivity contribution in [3.8, 4) is 0 Å². The molecular formula is C16H16N4O8S. The Kier molecular flexibility index (Phi) is 6.07. The first-order chi connectivity index (χ1) is 13.9. The maximum absolute atomic E-state index is 12.5. The molecule has 29 heavy (non-hydrogen) atoms. The summed E-state index contributed by atoms with van der Waals surface area (Å²) in [6.07, 6.45) is 1.77. The summed E-state index contributed by atoms with van der Waals surface area (Å²) in [6, 6.07) is 2.21. The van der Waals surface area contributed by atoms with Crippen LogP contribution in [0.2, 0.25) is 0 Å². The molecule has 1 aromatic heterocycles. The van der Waals surface area contributed by atoms with E-state index in [0.717, 1.165) is 0 Å². The van der Waals surface area contributed by atoms with Crippen LogP contribution in [0.4, 0.5) is 4.79 Å². The number of primary amides is 1. The number of ether oxygens (including phenoxy) is 2. The van der Waals surface area contributed by atoms with E-state index >= 15 is 0 Å². The Balaban J connectivity index is 1.65. The molecule has 1 unspecified atom stereocenters. The van der Waals surface area contributed by atoms with E-state index in [1.165, 1.54) is 42.2 Å². The Bertz CT molecular complexity index is 881. The van der Waals surface area contributed by atoms with Gasteiger partial charge in [0.1, 0.15) is 24.2 Å². The second-order valence-electron chi connectivity index (χ2n) is 5.59. The number of carbonyl (C=O) groups is 4. The fraction of sp³-hybridized carbons (Fsp3) is 0.312. The van der Waals surface area contributed by atoms with Crippen LogP contribution in [0.5, 0.6) is 0 Å². The molecule has 13 heteroatoms. The molecule has 2 atom stereocenters. The SMILES string of the molecule is CO/N=C(\C(=O)NC1C(=O)N2C(C(=O)OCOC(N)=O)=CCS[C@H]12)c1ccco1. The number of nitrogens with one attached hydrogen (secondary N) is 1. The summed E-state index contributed by atoms with van der Waals surface area (Å²) in [5.41, 5.74) is 4.64. The molecule has 0 aromatic carbocycles. The third kappa shape index (κ3) is 4.18. The van der Waals surface area contributed by atoms with Crippen molar-refractivity contribution < 1.29 is 37.9 Å². The quantitative estimate of drug-likeness (QED) is 0.193. The van der Waals surface area contributed by atoms with E-state index in [2.05, 4.69) is 20.0 Å². The Morgan fingerprint density at radius 2 is 2.21 bits per heavy atom. The van der Waals surface area contributed by atoms with E-state index in [1.54, 1.807) is 6.07 Å². The smallest absolute Gasteiger partial charge is 0.407 e. The monoisotopic (exact) mass is 424 g/mol. The number of amides is 3. The minimum Gasteiger partial charge on any atom is -0.462 e. The first kappa shape index (κ1) is 20.3. The van der Waals surface area contributed by atoms with Crippen LogP contribution in [0.1, 0.15) is 5.76 Å². The number of hydrogen-bond acceptors (Lipinski definition) is 10. The third-order valence-corrected chi connectivity index (χ3v) is 5.07.